The van der Waals surface area contributed by atoms with Gasteiger partial charge in [-0.25, -0.2) is 0 Å². The molecule has 4 rings (SSSR count). The van der Waals surface area contributed by atoms with Crippen molar-refractivity contribution < 1.29 is 137 Å². The number of carboxylic acid groups (broad SMARTS) is 4. The molecular formula is C72H120N8O28. The molecule has 0 amide bonds. The molecule has 0 aromatic heterocycles. The molecule has 2 aromatic rings. The number of aliphatic hydroxyl groups is 6. The van der Waals surface area contributed by atoms with E-state index in [1.54, 1.807) is 19.6 Å². The normalized spacial score (nSPS) is 18.0. The molecule has 2 heterocycles. The Labute approximate surface area is 632 Å². The van der Waals surface area contributed by atoms with Crippen LogP contribution in [0.25, 0.3) is 0 Å². The van der Waals surface area contributed by atoms with E-state index in [1.165, 1.54) is 43.1 Å². The maximum atomic E-state index is 13.4. The third-order valence-electron chi connectivity index (χ3n) is 18.9. The molecule has 0 spiro atoms. The minimum atomic E-state index is -1.38. The second-order valence-electron chi connectivity index (χ2n) is 25.3. The van der Waals surface area contributed by atoms with Crippen LogP contribution in [-0.4, -0.2) is 425 Å². The number of hydrogen-bond donors (Lipinski definition) is 10. The Morgan fingerprint density at radius 2 is 0.519 bits per heavy atom. The van der Waals surface area contributed by atoms with Crippen molar-refractivity contribution in [2.45, 2.75) is 101 Å². The summed E-state index contributed by atoms with van der Waals surface area (Å²) in [4.78, 5) is 113. The molecular weight excluding hydrogens is 1420 g/mol. The molecule has 10 N–H and O–H groups in total. The number of carbonyl (C=O) groups is 8. The number of aliphatic carboxylic acids is 4. The lowest BCUT2D eigenvalue weighted by Gasteiger charge is -2.39. The van der Waals surface area contributed by atoms with Crippen molar-refractivity contribution in [3.63, 3.8) is 0 Å². The quantitative estimate of drug-likeness (QED) is 0.0183. The smallest absolute Gasteiger partial charge is 0.325 e. The molecule has 2 aromatic carbocycles. The number of carboxylic acids is 4. The fraction of sp³-hybridized carbons (Fsp3) is 0.722. The van der Waals surface area contributed by atoms with E-state index in [2.05, 4.69) is 0 Å². The average molecular weight is 1550 g/mol. The highest BCUT2D eigenvalue weighted by atomic mass is 16.6. The van der Waals surface area contributed by atoms with Gasteiger partial charge in [0.25, 0.3) is 0 Å². The van der Waals surface area contributed by atoms with Gasteiger partial charge < -0.3 is 98.4 Å². The summed E-state index contributed by atoms with van der Waals surface area (Å²) in [5, 5.41) is 100. The Morgan fingerprint density at radius 3 is 0.759 bits per heavy atom. The van der Waals surface area contributed by atoms with Crippen LogP contribution in [0.4, 0.5) is 0 Å². The minimum Gasteiger partial charge on any atom is -0.491 e. The molecule has 0 aliphatic carbocycles. The molecule has 36 nitrogen and oxygen atoms in total. The zero-order valence-electron chi connectivity index (χ0n) is 63.5. The molecule has 36 heteroatoms. The summed E-state index contributed by atoms with van der Waals surface area (Å²) in [5.74, 6) is -6.18. The lowest BCUT2D eigenvalue weighted by Crippen LogP contribution is -2.57. The number of esters is 4. The van der Waals surface area contributed by atoms with Crippen LogP contribution in [0.5, 0.6) is 11.5 Å². The lowest BCUT2D eigenvalue weighted by atomic mass is 10.0. The monoisotopic (exact) mass is 1540 g/mol. The third kappa shape index (κ3) is 34.1. The zero-order valence-corrected chi connectivity index (χ0v) is 63.5. The summed E-state index contributed by atoms with van der Waals surface area (Å²) in [6, 6.07) is 6.11. The summed E-state index contributed by atoms with van der Waals surface area (Å²) in [6.45, 7) is 6.00. The van der Waals surface area contributed by atoms with Crippen LogP contribution in [-0.2, 0) is 89.1 Å². The fourth-order valence-corrected chi connectivity index (χ4v) is 12.6. The van der Waals surface area contributed by atoms with Crippen LogP contribution in [0.1, 0.15) is 50.7 Å². The minimum absolute atomic E-state index is 0.0204. The molecule has 0 bridgehead atoms. The number of aryl methyl sites for hydroxylation is 2. The molecule has 2 fully saturated rings. The van der Waals surface area contributed by atoms with Crippen molar-refractivity contribution >= 4 is 47.8 Å². The fourth-order valence-electron chi connectivity index (χ4n) is 12.6. The second kappa shape index (κ2) is 55.5. The van der Waals surface area contributed by atoms with Crippen LogP contribution < -0.4 is 9.47 Å². The van der Waals surface area contributed by atoms with Crippen LogP contribution >= 0.6 is 0 Å². The Balaban J connectivity index is 0.000000562. The standard InChI is InChI=1S/C38H64N4O14.C34H56N4O14/c1-6-54-22-23-55-24-25-56-30-12-10-29(11-13-30)8-7-9-31(35(46)50-2)39-14-16-40(32(26-43)36(47)51-3)18-20-42(34(28-45)38(49)53-5)21-19-41(17-15-39)33(27-44)37(48)52-4;1-2-50-18-19-51-20-21-52-26-8-6-25(7-9-26)4-3-5-27(31(42)43)35-10-12-36(28(22-39)32(44)45)14-16-38(30(24-41)34(48)49)17-15-37(13-11-35)29(23-40)33(46)47/h10-13,31-34,43-45H,6-9,14-28H2,1-5H3;6-9,27-30,39-41H,2-5,10-24H2,1H3,(H,42,43)(H,44,45)(H,46,47)(H,48,49)/t31-,32-,33-,34-;27-,28-,29-,30-/m00/s1. The van der Waals surface area contributed by atoms with Crippen LogP contribution in [0, 0.1) is 0 Å². The number of benzene rings is 2. The Bertz CT molecular complexity index is 2780. The Morgan fingerprint density at radius 1 is 0.306 bits per heavy atom. The van der Waals surface area contributed by atoms with Crippen molar-refractivity contribution in [3.05, 3.63) is 59.7 Å². The average Bonchev–Trinajstić information content (AvgIpc) is 0.841. The van der Waals surface area contributed by atoms with E-state index < -0.39 is 136 Å². The van der Waals surface area contributed by atoms with E-state index in [4.69, 9.17) is 47.4 Å². The van der Waals surface area contributed by atoms with E-state index in [0.29, 0.717) is 110 Å². The van der Waals surface area contributed by atoms with Crippen molar-refractivity contribution in [2.75, 3.05) is 239 Å². The first kappa shape index (κ1) is 95.3. The number of carbonyl (C=O) groups excluding carboxylic acids is 4. The van der Waals surface area contributed by atoms with Gasteiger partial charge in [0.1, 0.15) is 73.0 Å². The molecule has 2 aliphatic rings. The summed E-state index contributed by atoms with van der Waals surface area (Å²) in [5.41, 5.74) is 2.01. The summed E-state index contributed by atoms with van der Waals surface area (Å²) >= 11 is 0. The number of aliphatic hydroxyl groups excluding tert-OH is 6. The van der Waals surface area contributed by atoms with E-state index in [0.717, 1.165) is 11.1 Å². The van der Waals surface area contributed by atoms with Gasteiger partial charge in [-0.2, -0.15) is 0 Å². The SMILES string of the molecule is CCOCCOCCOc1ccc(CCC[C@@H](C(=O)O)N2CCN([C@@H](CO)C(=O)O)CCN([C@@H](CO)C(=O)O)CCN([C@@H](CO)C(=O)O)CC2)cc1.CCOCCOCCOc1ccc(CCC[C@@H](C(=O)OC)N2CCN([C@@H](CO)C(=O)OC)CCN([C@@H](CO)C(=O)OC)CCN([C@@H](CO)C(=O)OC)CC2)cc1. The van der Waals surface area contributed by atoms with Crippen molar-refractivity contribution in [1.29, 1.82) is 0 Å². The maximum absolute atomic E-state index is 13.4. The topological polar surface area (TPSA) is 457 Å². The largest absolute Gasteiger partial charge is 0.491 e. The van der Waals surface area contributed by atoms with Crippen LogP contribution in [0.15, 0.2) is 48.5 Å². The van der Waals surface area contributed by atoms with Gasteiger partial charge in [0.05, 0.1) is 108 Å². The van der Waals surface area contributed by atoms with Gasteiger partial charge >= 0.3 is 47.8 Å². The first-order chi connectivity index (χ1) is 52.1. The molecule has 0 saturated carbocycles. The highest BCUT2D eigenvalue weighted by Crippen LogP contribution is 2.22. The van der Waals surface area contributed by atoms with Crippen molar-refractivity contribution in [3.8, 4) is 11.5 Å². The second-order valence-corrected chi connectivity index (χ2v) is 25.3. The number of nitrogens with zero attached hydrogens (tertiary/aromatic N) is 8. The highest BCUT2D eigenvalue weighted by Gasteiger charge is 2.38. The highest BCUT2D eigenvalue weighted by molar-refractivity contribution is 5.78. The molecule has 0 radical (unpaired) electrons. The van der Waals surface area contributed by atoms with E-state index in [1.807, 2.05) is 67.3 Å². The van der Waals surface area contributed by atoms with Gasteiger partial charge in [-0.3, -0.25) is 77.6 Å². The summed E-state index contributed by atoms with van der Waals surface area (Å²) < 4.78 is 53.1. The van der Waals surface area contributed by atoms with E-state index in [9.17, 15) is 89.4 Å². The molecule has 2 aliphatic heterocycles. The maximum Gasteiger partial charge on any atom is 0.325 e. The molecule has 108 heavy (non-hydrogen) atoms. The van der Waals surface area contributed by atoms with Gasteiger partial charge in [-0.1, -0.05) is 24.3 Å². The Hall–Kier alpha value is -6.92. The van der Waals surface area contributed by atoms with Gasteiger partial charge in [0, 0.05) is 118 Å². The van der Waals surface area contributed by atoms with Crippen molar-refractivity contribution in [2.24, 2.45) is 0 Å². The van der Waals surface area contributed by atoms with Gasteiger partial charge in [-0.15, -0.1) is 0 Å². The van der Waals surface area contributed by atoms with Gasteiger partial charge in [-0.05, 0) is 87.8 Å². The van der Waals surface area contributed by atoms with E-state index in [-0.39, 0.29) is 111 Å². The molecule has 8 atom stereocenters. The number of ether oxygens (including phenoxy) is 10. The molecule has 0 unspecified atom stereocenters. The summed E-state index contributed by atoms with van der Waals surface area (Å²) in [7, 11) is 4.98. The zero-order chi connectivity index (χ0) is 79.8. The predicted octanol–water partition coefficient (Wildman–Crippen LogP) is -2.74. The van der Waals surface area contributed by atoms with Crippen LogP contribution in [0.3, 0.4) is 0 Å². The number of rotatable bonds is 46. The lowest BCUT2D eigenvalue weighted by molar-refractivity contribution is -0.153. The van der Waals surface area contributed by atoms with Crippen LogP contribution in [0.2, 0.25) is 0 Å². The van der Waals surface area contributed by atoms with Gasteiger partial charge in [0.2, 0.25) is 0 Å². The van der Waals surface area contributed by atoms with Crippen molar-refractivity contribution in [1.82, 2.24) is 39.2 Å². The third-order valence-corrected chi connectivity index (χ3v) is 18.9. The first-order valence-electron chi connectivity index (χ1n) is 36.6. The predicted molar refractivity (Wildman–Crippen MR) is 388 cm³/mol. The Kier molecular flexibility index (Phi) is 48.9. The van der Waals surface area contributed by atoms with Gasteiger partial charge in [0.15, 0.2) is 0 Å². The van der Waals surface area contributed by atoms with E-state index >= 15 is 0 Å². The first-order valence-corrected chi connectivity index (χ1v) is 36.6. The number of methoxy groups -OCH3 is 4. The molecule has 2 saturated heterocycles. The number of hydrogen-bond acceptors (Lipinski definition) is 32. The summed E-state index contributed by atoms with van der Waals surface area (Å²) in [6.07, 6.45) is 2.93. The molecule has 616 valence electrons.